The minimum Gasteiger partial charge on any atom is -0.493 e. The highest BCUT2D eigenvalue weighted by molar-refractivity contribution is 6.05. The standard InChI is InChI=1S/C23H23N3O3/c1-25(18-10-11-21(28-2)22(15-18)29-3)23(27)12-9-17-16-26(14-6-13-24)20-8-5-4-7-19(17)20/h4-5,7-12,15-16H,6,14H2,1-3H3/b12-9+. The van der Waals surface area contributed by atoms with Crippen molar-refractivity contribution in [3.8, 4) is 17.6 Å². The lowest BCUT2D eigenvalue weighted by Crippen LogP contribution is -2.23. The molecule has 0 spiro atoms. The molecule has 0 N–H and O–H groups in total. The largest absolute Gasteiger partial charge is 0.493 e. The van der Waals surface area contributed by atoms with Crippen molar-refractivity contribution in [2.24, 2.45) is 0 Å². The van der Waals surface area contributed by atoms with Crippen LogP contribution in [0.2, 0.25) is 0 Å². The number of likely N-dealkylation sites (N-methyl/N-ethyl adjacent to an activating group) is 1. The van der Waals surface area contributed by atoms with Gasteiger partial charge in [-0.1, -0.05) is 18.2 Å². The van der Waals surface area contributed by atoms with Crippen LogP contribution in [0.25, 0.3) is 17.0 Å². The molecule has 6 nitrogen and oxygen atoms in total. The van der Waals surface area contributed by atoms with Crippen LogP contribution >= 0.6 is 0 Å². The highest BCUT2D eigenvalue weighted by Gasteiger charge is 2.12. The smallest absolute Gasteiger partial charge is 0.250 e. The van der Waals surface area contributed by atoms with E-state index in [1.54, 1.807) is 50.4 Å². The van der Waals surface area contributed by atoms with Gasteiger partial charge in [-0.25, -0.2) is 0 Å². The number of hydrogen-bond donors (Lipinski definition) is 0. The lowest BCUT2D eigenvalue weighted by molar-refractivity contribution is -0.113. The molecule has 0 atom stereocenters. The number of benzene rings is 2. The number of nitriles is 1. The monoisotopic (exact) mass is 389 g/mol. The number of carbonyl (C=O) groups excluding carboxylic acids is 1. The molecule has 148 valence electrons. The number of anilines is 1. The first-order valence-corrected chi connectivity index (χ1v) is 9.21. The molecule has 0 radical (unpaired) electrons. The van der Waals surface area contributed by atoms with E-state index in [1.165, 1.54) is 0 Å². The van der Waals surface area contributed by atoms with Crippen LogP contribution in [0, 0.1) is 11.3 Å². The van der Waals surface area contributed by atoms with Gasteiger partial charge in [0.1, 0.15) is 0 Å². The van der Waals surface area contributed by atoms with Gasteiger partial charge in [-0.15, -0.1) is 0 Å². The van der Waals surface area contributed by atoms with Gasteiger partial charge in [-0.2, -0.15) is 5.26 Å². The third-order valence-corrected chi connectivity index (χ3v) is 4.77. The first-order chi connectivity index (χ1) is 14.1. The summed E-state index contributed by atoms with van der Waals surface area (Å²) >= 11 is 0. The molecular formula is C23H23N3O3. The predicted octanol–water partition coefficient (Wildman–Crippen LogP) is 4.25. The van der Waals surface area contributed by atoms with Crippen molar-refractivity contribution in [3.63, 3.8) is 0 Å². The van der Waals surface area contributed by atoms with Crippen LogP contribution in [-0.4, -0.2) is 31.7 Å². The molecule has 0 aliphatic heterocycles. The highest BCUT2D eigenvalue weighted by atomic mass is 16.5. The molecule has 0 aliphatic carbocycles. The van der Waals surface area contributed by atoms with Crippen LogP contribution in [0.1, 0.15) is 12.0 Å². The Labute approximate surface area is 170 Å². The SMILES string of the molecule is COc1ccc(N(C)C(=O)/C=C/c2cn(CCC#N)c3ccccc23)cc1OC. The molecule has 0 bridgehead atoms. The summed E-state index contributed by atoms with van der Waals surface area (Å²) in [5.41, 5.74) is 2.68. The number of ether oxygens (including phenoxy) is 2. The predicted molar refractivity (Wildman–Crippen MR) is 114 cm³/mol. The summed E-state index contributed by atoms with van der Waals surface area (Å²) in [6.07, 6.45) is 5.77. The van der Waals surface area contributed by atoms with Gasteiger partial charge in [0.05, 0.1) is 26.7 Å². The zero-order valence-electron chi connectivity index (χ0n) is 16.8. The Morgan fingerprint density at radius 3 is 2.66 bits per heavy atom. The minimum absolute atomic E-state index is 0.161. The van der Waals surface area contributed by atoms with Crippen molar-refractivity contribution in [1.82, 2.24) is 4.57 Å². The number of amides is 1. The fourth-order valence-electron chi connectivity index (χ4n) is 3.20. The van der Waals surface area contributed by atoms with Crippen molar-refractivity contribution in [3.05, 3.63) is 60.3 Å². The zero-order chi connectivity index (χ0) is 20.8. The zero-order valence-corrected chi connectivity index (χ0v) is 16.8. The number of aromatic nitrogens is 1. The van der Waals surface area contributed by atoms with E-state index < -0.39 is 0 Å². The van der Waals surface area contributed by atoms with Crippen molar-refractivity contribution in [1.29, 1.82) is 5.26 Å². The number of hydrogen-bond acceptors (Lipinski definition) is 4. The fourth-order valence-corrected chi connectivity index (χ4v) is 3.20. The first kappa shape index (κ1) is 20.0. The van der Waals surface area contributed by atoms with E-state index in [0.717, 1.165) is 16.5 Å². The maximum absolute atomic E-state index is 12.7. The number of para-hydroxylation sites is 1. The van der Waals surface area contributed by atoms with Crippen molar-refractivity contribution in [2.75, 3.05) is 26.2 Å². The van der Waals surface area contributed by atoms with Gasteiger partial charge >= 0.3 is 0 Å². The Balaban J connectivity index is 1.84. The summed E-state index contributed by atoms with van der Waals surface area (Å²) in [4.78, 5) is 14.3. The summed E-state index contributed by atoms with van der Waals surface area (Å²) in [7, 11) is 4.84. The fraction of sp³-hybridized carbons (Fsp3) is 0.217. The number of methoxy groups -OCH3 is 2. The van der Waals surface area contributed by atoms with Crippen LogP contribution in [0.4, 0.5) is 5.69 Å². The van der Waals surface area contributed by atoms with E-state index in [0.29, 0.717) is 30.2 Å². The molecule has 29 heavy (non-hydrogen) atoms. The number of fused-ring (bicyclic) bond motifs is 1. The topological polar surface area (TPSA) is 67.5 Å². The summed E-state index contributed by atoms with van der Waals surface area (Å²) in [5.74, 6) is 1.01. The molecule has 0 fully saturated rings. The summed E-state index contributed by atoms with van der Waals surface area (Å²) in [5, 5.41) is 9.92. The molecule has 1 heterocycles. The summed E-state index contributed by atoms with van der Waals surface area (Å²) in [6.45, 7) is 0.615. The average Bonchev–Trinajstić information content (AvgIpc) is 3.12. The van der Waals surface area contributed by atoms with Gasteiger partial charge < -0.3 is 18.9 Å². The van der Waals surface area contributed by atoms with Gasteiger partial charge in [0, 0.05) is 54.1 Å². The van der Waals surface area contributed by atoms with Crippen LogP contribution in [0.15, 0.2) is 54.7 Å². The summed E-state index contributed by atoms with van der Waals surface area (Å²) in [6, 6.07) is 15.5. The Morgan fingerprint density at radius 1 is 1.17 bits per heavy atom. The summed E-state index contributed by atoms with van der Waals surface area (Å²) < 4.78 is 12.6. The lowest BCUT2D eigenvalue weighted by atomic mass is 10.1. The lowest BCUT2D eigenvalue weighted by Gasteiger charge is -2.17. The molecule has 0 unspecified atom stereocenters. The molecular weight excluding hydrogens is 366 g/mol. The van der Waals surface area contributed by atoms with E-state index in [-0.39, 0.29) is 5.91 Å². The Bertz CT molecular complexity index is 1090. The van der Waals surface area contributed by atoms with Gasteiger partial charge in [0.2, 0.25) is 0 Å². The molecule has 6 heteroatoms. The van der Waals surface area contributed by atoms with E-state index in [1.807, 2.05) is 41.1 Å². The van der Waals surface area contributed by atoms with Gasteiger partial charge in [0.25, 0.3) is 5.91 Å². The van der Waals surface area contributed by atoms with E-state index >= 15 is 0 Å². The van der Waals surface area contributed by atoms with Crippen LogP contribution in [-0.2, 0) is 11.3 Å². The van der Waals surface area contributed by atoms with Crippen LogP contribution in [0.5, 0.6) is 11.5 Å². The van der Waals surface area contributed by atoms with Crippen molar-refractivity contribution >= 4 is 28.6 Å². The maximum atomic E-state index is 12.7. The van der Waals surface area contributed by atoms with E-state index in [9.17, 15) is 4.79 Å². The number of nitrogens with zero attached hydrogens (tertiary/aromatic N) is 3. The molecule has 1 amide bonds. The maximum Gasteiger partial charge on any atom is 0.250 e. The Morgan fingerprint density at radius 2 is 1.93 bits per heavy atom. The van der Waals surface area contributed by atoms with Crippen molar-refractivity contribution in [2.45, 2.75) is 13.0 Å². The highest BCUT2D eigenvalue weighted by Crippen LogP contribution is 2.31. The average molecular weight is 389 g/mol. The van der Waals surface area contributed by atoms with Crippen LogP contribution < -0.4 is 14.4 Å². The van der Waals surface area contributed by atoms with E-state index in [4.69, 9.17) is 14.7 Å². The van der Waals surface area contributed by atoms with Gasteiger partial charge in [-0.05, 0) is 24.3 Å². The number of rotatable bonds is 7. The molecule has 1 aromatic heterocycles. The third-order valence-electron chi connectivity index (χ3n) is 4.77. The normalized spacial score (nSPS) is 10.8. The van der Waals surface area contributed by atoms with Crippen molar-refractivity contribution < 1.29 is 14.3 Å². The Kier molecular flexibility index (Phi) is 6.20. The second-order valence-corrected chi connectivity index (χ2v) is 6.47. The quantitative estimate of drug-likeness (QED) is 0.567. The van der Waals surface area contributed by atoms with E-state index in [2.05, 4.69) is 6.07 Å². The second-order valence-electron chi connectivity index (χ2n) is 6.47. The Hall–Kier alpha value is -3.72. The molecule has 0 aliphatic rings. The minimum atomic E-state index is -0.161. The first-order valence-electron chi connectivity index (χ1n) is 9.21. The third kappa shape index (κ3) is 4.25. The second kappa shape index (κ2) is 8.98. The number of carbonyl (C=O) groups is 1. The molecule has 2 aromatic carbocycles. The van der Waals surface area contributed by atoms with Crippen LogP contribution in [0.3, 0.4) is 0 Å². The molecule has 0 saturated carbocycles. The number of aryl methyl sites for hydroxylation is 1. The van der Waals surface area contributed by atoms with Gasteiger partial charge in [-0.3, -0.25) is 4.79 Å². The molecule has 3 rings (SSSR count). The molecule has 0 saturated heterocycles. The van der Waals surface area contributed by atoms with Gasteiger partial charge in [0.15, 0.2) is 11.5 Å². The molecule has 3 aromatic rings.